The molecular formula is C23H28N5O3P. The van der Waals surface area contributed by atoms with E-state index >= 15 is 0 Å². The number of aliphatic hydroxyl groups is 1. The average molecular weight is 453 g/mol. The lowest BCUT2D eigenvalue weighted by molar-refractivity contribution is 0.0986. The van der Waals surface area contributed by atoms with E-state index in [2.05, 4.69) is 26.3 Å². The van der Waals surface area contributed by atoms with Gasteiger partial charge in [-0.2, -0.15) is 0 Å². The van der Waals surface area contributed by atoms with Gasteiger partial charge in [-0.15, -0.1) is 0 Å². The molecule has 1 aliphatic heterocycles. The van der Waals surface area contributed by atoms with Crippen molar-refractivity contribution in [3.63, 3.8) is 0 Å². The van der Waals surface area contributed by atoms with Crippen LogP contribution in [0.1, 0.15) is 31.2 Å². The minimum atomic E-state index is -0.374. The normalized spacial score (nSPS) is 16.6. The lowest BCUT2D eigenvalue weighted by Crippen LogP contribution is -2.35. The highest BCUT2D eigenvalue weighted by atomic mass is 31.0. The summed E-state index contributed by atoms with van der Waals surface area (Å²) in [6, 6.07) is 13.5. The number of nitrogens with zero attached hydrogens (tertiary/aromatic N) is 2. The summed E-state index contributed by atoms with van der Waals surface area (Å²) in [4.78, 5) is 4.61. The number of nitrogens with two attached hydrogens (primary N) is 2. The molecule has 1 unspecified atom stereocenters. The largest absolute Gasteiger partial charge is 0.490 e. The van der Waals surface area contributed by atoms with E-state index in [0.717, 1.165) is 42.4 Å². The molecule has 4 rings (SSSR count). The summed E-state index contributed by atoms with van der Waals surface area (Å²) in [6.07, 6.45) is 4.53. The van der Waals surface area contributed by atoms with Crippen molar-refractivity contribution >= 4 is 15.2 Å². The Morgan fingerprint density at radius 2 is 1.94 bits per heavy atom. The first-order valence-electron chi connectivity index (χ1n) is 10.5. The van der Waals surface area contributed by atoms with Gasteiger partial charge in [0, 0.05) is 0 Å². The molecule has 168 valence electrons. The SMILES string of the molecule is C=C1NC(c2ccc(-c3cccc(OCO)c3)cc2OC2CCCC2)=NC(N(N)P)=C1N. The number of ether oxygens (including phenoxy) is 2. The fraction of sp³-hybridized carbons (Fsp3) is 0.261. The van der Waals surface area contributed by atoms with Gasteiger partial charge in [-0.05, 0) is 70.5 Å². The first-order chi connectivity index (χ1) is 15.5. The number of nitrogens with one attached hydrogen (secondary N) is 1. The zero-order valence-corrected chi connectivity index (χ0v) is 18.9. The van der Waals surface area contributed by atoms with Crippen LogP contribution in [0, 0.1) is 0 Å². The van der Waals surface area contributed by atoms with Crippen molar-refractivity contribution in [2.75, 3.05) is 6.79 Å². The van der Waals surface area contributed by atoms with E-state index in [1.54, 1.807) is 6.07 Å². The van der Waals surface area contributed by atoms with Crippen LogP contribution in [-0.4, -0.2) is 28.6 Å². The predicted octanol–water partition coefficient (Wildman–Crippen LogP) is 2.96. The molecule has 0 radical (unpaired) electrons. The lowest BCUT2D eigenvalue weighted by atomic mass is 10.0. The minimum Gasteiger partial charge on any atom is -0.490 e. The smallest absolute Gasteiger partial charge is 0.186 e. The Hall–Kier alpha value is -3.06. The second-order valence-corrected chi connectivity index (χ2v) is 8.30. The quantitative estimate of drug-likeness (QED) is 0.220. The van der Waals surface area contributed by atoms with Crippen molar-refractivity contribution in [1.29, 1.82) is 0 Å². The van der Waals surface area contributed by atoms with Crippen LogP contribution in [0.2, 0.25) is 0 Å². The molecule has 1 heterocycles. The summed E-state index contributed by atoms with van der Waals surface area (Å²) in [6.45, 7) is 3.61. The maximum absolute atomic E-state index is 9.07. The topological polar surface area (TPSA) is 118 Å². The van der Waals surface area contributed by atoms with Gasteiger partial charge >= 0.3 is 0 Å². The van der Waals surface area contributed by atoms with Crippen LogP contribution >= 0.6 is 9.39 Å². The van der Waals surface area contributed by atoms with Gasteiger partial charge in [0.2, 0.25) is 0 Å². The van der Waals surface area contributed by atoms with Gasteiger partial charge in [-0.3, -0.25) is 4.78 Å². The second kappa shape index (κ2) is 9.61. The standard InChI is InChI=1S/C23H28N5O3P/c1-14-21(24)23(28(25)32)27-22(26-14)19-10-9-16(12-20(19)31-17-6-2-3-7-17)15-5-4-8-18(11-15)30-13-29/h4-5,8-12,17,29H,1-3,6-7,13,24-25,32H2,(H,26,27). The number of hydrogen-bond acceptors (Lipinski definition) is 8. The van der Waals surface area contributed by atoms with E-state index in [0.29, 0.717) is 34.5 Å². The summed E-state index contributed by atoms with van der Waals surface area (Å²) in [7, 11) is 2.35. The second-order valence-electron chi connectivity index (χ2n) is 7.75. The fourth-order valence-corrected chi connectivity index (χ4v) is 4.08. The van der Waals surface area contributed by atoms with Gasteiger partial charge < -0.3 is 25.6 Å². The maximum atomic E-state index is 9.07. The molecule has 2 aromatic rings. The Kier molecular flexibility index (Phi) is 6.65. The van der Waals surface area contributed by atoms with E-state index in [-0.39, 0.29) is 12.9 Å². The summed E-state index contributed by atoms with van der Waals surface area (Å²) in [5.74, 6) is 8.17. The van der Waals surface area contributed by atoms with E-state index < -0.39 is 0 Å². The Balaban J connectivity index is 1.76. The molecule has 8 nitrogen and oxygen atoms in total. The number of rotatable bonds is 7. The molecule has 1 saturated carbocycles. The zero-order valence-electron chi connectivity index (χ0n) is 17.8. The van der Waals surface area contributed by atoms with Gasteiger partial charge in [0.25, 0.3) is 0 Å². The van der Waals surface area contributed by atoms with Crippen molar-refractivity contribution in [3.8, 4) is 22.6 Å². The van der Waals surface area contributed by atoms with Gasteiger partial charge in [-0.1, -0.05) is 24.8 Å². The Morgan fingerprint density at radius 3 is 2.66 bits per heavy atom. The van der Waals surface area contributed by atoms with E-state index in [1.165, 1.54) is 4.78 Å². The van der Waals surface area contributed by atoms with Crippen LogP contribution in [-0.2, 0) is 0 Å². The molecule has 0 aromatic heterocycles. The summed E-state index contributed by atoms with van der Waals surface area (Å²) in [5.41, 5.74) is 9.69. The number of aliphatic imine (C=N–C) groups is 1. The molecule has 0 bridgehead atoms. The average Bonchev–Trinajstić information content (AvgIpc) is 3.29. The van der Waals surface area contributed by atoms with E-state index in [4.69, 9.17) is 26.2 Å². The first kappa shape index (κ1) is 22.1. The third kappa shape index (κ3) is 4.72. The maximum Gasteiger partial charge on any atom is 0.186 e. The van der Waals surface area contributed by atoms with Crippen molar-refractivity contribution in [2.24, 2.45) is 16.6 Å². The monoisotopic (exact) mass is 453 g/mol. The number of hydrazine groups is 1. The summed E-state index contributed by atoms with van der Waals surface area (Å²) < 4.78 is 13.0. The Morgan fingerprint density at radius 1 is 1.19 bits per heavy atom. The minimum absolute atomic E-state index is 0.160. The van der Waals surface area contributed by atoms with E-state index in [1.807, 2.05) is 36.4 Å². The Bertz CT molecular complexity index is 1080. The van der Waals surface area contributed by atoms with Crippen LogP contribution in [0.4, 0.5) is 0 Å². The van der Waals surface area contributed by atoms with Crippen LogP contribution in [0.15, 0.2) is 71.3 Å². The first-order valence-corrected chi connectivity index (χ1v) is 11.0. The highest BCUT2D eigenvalue weighted by molar-refractivity contribution is 7.13. The van der Waals surface area contributed by atoms with Gasteiger partial charge in [0.05, 0.1) is 23.1 Å². The number of aliphatic hydroxyl groups excluding tert-OH is 1. The summed E-state index contributed by atoms with van der Waals surface area (Å²) in [5, 5.41) is 12.2. The highest BCUT2D eigenvalue weighted by Gasteiger charge is 2.24. The van der Waals surface area contributed by atoms with Crippen molar-refractivity contribution < 1.29 is 14.6 Å². The van der Waals surface area contributed by atoms with Crippen molar-refractivity contribution in [2.45, 2.75) is 31.8 Å². The van der Waals surface area contributed by atoms with Crippen LogP contribution in [0.5, 0.6) is 11.5 Å². The third-order valence-corrected chi connectivity index (χ3v) is 5.77. The number of benzene rings is 2. The molecule has 2 aliphatic rings. The molecule has 1 aliphatic carbocycles. The molecule has 0 saturated heterocycles. The van der Waals surface area contributed by atoms with Crippen molar-refractivity contribution in [1.82, 2.24) is 10.1 Å². The van der Waals surface area contributed by atoms with Crippen molar-refractivity contribution in [3.05, 3.63) is 71.8 Å². The number of amidine groups is 1. The third-order valence-electron chi connectivity index (χ3n) is 5.53. The molecule has 32 heavy (non-hydrogen) atoms. The molecule has 1 atom stereocenters. The van der Waals surface area contributed by atoms with E-state index in [9.17, 15) is 0 Å². The number of hydrogen-bond donors (Lipinski definition) is 4. The molecule has 1 fully saturated rings. The molecule has 2 aromatic carbocycles. The summed E-state index contributed by atoms with van der Waals surface area (Å²) >= 11 is 0. The molecular weight excluding hydrogens is 425 g/mol. The predicted molar refractivity (Wildman–Crippen MR) is 128 cm³/mol. The molecule has 9 heteroatoms. The van der Waals surface area contributed by atoms with Crippen LogP contribution < -0.4 is 26.4 Å². The lowest BCUT2D eigenvalue weighted by Gasteiger charge is -2.25. The van der Waals surface area contributed by atoms with Gasteiger partial charge in [-0.25, -0.2) is 10.8 Å². The highest BCUT2D eigenvalue weighted by Crippen LogP contribution is 2.33. The molecule has 0 spiro atoms. The fourth-order valence-electron chi connectivity index (χ4n) is 3.88. The van der Waals surface area contributed by atoms with Gasteiger partial charge in [0.1, 0.15) is 17.3 Å². The van der Waals surface area contributed by atoms with Crippen LogP contribution in [0.25, 0.3) is 11.1 Å². The Labute approximate surface area is 189 Å². The van der Waals surface area contributed by atoms with Crippen LogP contribution in [0.3, 0.4) is 0 Å². The molecule has 6 N–H and O–H groups in total. The zero-order chi connectivity index (χ0) is 22.7. The van der Waals surface area contributed by atoms with Gasteiger partial charge in [0.15, 0.2) is 12.6 Å². The molecule has 0 amide bonds.